The Hall–Kier alpha value is -1.59. The van der Waals surface area contributed by atoms with Gasteiger partial charge in [-0.3, -0.25) is 14.3 Å². The first-order valence-electron chi connectivity index (χ1n) is 8.54. The van der Waals surface area contributed by atoms with Crippen molar-refractivity contribution in [2.75, 3.05) is 58.4 Å². The normalized spacial score (nSPS) is 17.9. The van der Waals surface area contributed by atoms with Crippen LogP contribution in [0.3, 0.4) is 0 Å². The van der Waals surface area contributed by atoms with E-state index in [1.165, 1.54) is 10.9 Å². The van der Waals surface area contributed by atoms with Crippen molar-refractivity contribution in [3.8, 4) is 0 Å². The fraction of sp³-hybridized carbons (Fsp3) is 0.643. The third-order valence-corrected chi connectivity index (χ3v) is 6.61. The number of nitrogen functional groups attached to an aromatic ring is 1. The Bertz CT molecular complexity index is 751. The minimum Gasteiger partial charge on any atom is -0.412 e. The minimum absolute atomic E-state index is 0. The fourth-order valence-corrected chi connectivity index (χ4v) is 4.68. The first-order chi connectivity index (χ1) is 13.2. The van der Waals surface area contributed by atoms with Gasteiger partial charge in [-0.25, -0.2) is 4.98 Å². The van der Waals surface area contributed by atoms with E-state index < -0.39 is 15.4 Å². The molecule has 3 saturated heterocycles. The van der Waals surface area contributed by atoms with Gasteiger partial charge in [0.05, 0.1) is 19.5 Å². The molecule has 2 bridgehead atoms. The van der Waals surface area contributed by atoms with Crippen molar-refractivity contribution in [2.24, 2.45) is 0 Å². The zero-order valence-corrected chi connectivity index (χ0v) is 17.4. The summed E-state index contributed by atoms with van der Waals surface area (Å²) >= 11 is -1.95. The number of hydrogen-bond acceptors (Lipinski definition) is 10. The molecule has 13 nitrogen and oxygen atoms in total. The zero-order valence-electron chi connectivity index (χ0n) is 15.3. The van der Waals surface area contributed by atoms with Crippen molar-refractivity contribution >= 4 is 32.5 Å². The molecule has 5 rings (SSSR count). The van der Waals surface area contributed by atoms with E-state index in [2.05, 4.69) is 19.9 Å². The molecule has 0 saturated carbocycles. The summed E-state index contributed by atoms with van der Waals surface area (Å²) in [5.74, 6) is 0.0291. The molecule has 0 unspecified atom stereocenters. The molecule has 0 aromatic carbocycles. The number of aliphatic hydroxyl groups excluding tert-OH is 1. The summed E-state index contributed by atoms with van der Waals surface area (Å²) in [7, 11) is 0. The van der Waals surface area contributed by atoms with Crippen LogP contribution in [0, 0.1) is 0 Å². The van der Waals surface area contributed by atoms with Crippen LogP contribution in [0.1, 0.15) is 0 Å². The molecule has 0 spiro atoms. The fourth-order valence-electron chi connectivity index (χ4n) is 2.53. The van der Waals surface area contributed by atoms with Crippen LogP contribution in [0.5, 0.6) is 0 Å². The number of anilines is 1. The summed E-state index contributed by atoms with van der Waals surface area (Å²) < 4.78 is 22.9. The van der Waals surface area contributed by atoms with Gasteiger partial charge in [0.1, 0.15) is 6.73 Å². The molecule has 0 aliphatic carbocycles. The number of nitrogens with two attached hydrogens (primary N) is 1. The smallest absolute Gasteiger partial charge is 0.280 e. The van der Waals surface area contributed by atoms with Gasteiger partial charge in [-0.2, -0.15) is 4.98 Å². The largest absolute Gasteiger partial charge is 0.412 e. The van der Waals surface area contributed by atoms with Gasteiger partial charge < -0.3 is 21.1 Å². The van der Waals surface area contributed by atoms with Crippen LogP contribution in [0.4, 0.5) is 5.95 Å². The topological polar surface area (TPSA) is 181 Å². The van der Waals surface area contributed by atoms with Gasteiger partial charge in [0, 0.05) is 0 Å². The van der Waals surface area contributed by atoms with Crippen molar-refractivity contribution in [1.82, 2.24) is 24.4 Å². The SMILES string of the molecule is C1CN2CC[O][Ge]([O]1)[O]CC2.Nc1nc2c(ncn2COCCO)c(=O)[nH]1.O. The van der Waals surface area contributed by atoms with E-state index in [0.717, 1.165) is 39.5 Å². The molecule has 28 heavy (non-hydrogen) atoms. The number of nitrogens with one attached hydrogen (secondary N) is 1. The molecule has 157 valence electrons. The molecule has 2 aromatic rings. The summed E-state index contributed by atoms with van der Waals surface area (Å²) in [5, 5.41) is 8.56. The first kappa shape index (κ1) is 22.7. The van der Waals surface area contributed by atoms with E-state index in [-0.39, 0.29) is 42.4 Å². The van der Waals surface area contributed by atoms with Crippen molar-refractivity contribution in [3.05, 3.63) is 16.7 Å². The van der Waals surface area contributed by atoms with Gasteiger partial charge in [0.15, 0.2) is 11.2 Å². The molecule has 0 amide bonds. The summed E-state index contributed by atoms with van der Waals surface area (Å²) in [6.45, 7) is 5.80. The summed E-state index contributed by atoms with van der Waals surface area (Å²) in [4.78, 5) is 23.9. The van der Waals surface area contributed by atoms with E-state index in [4.69, 9.17) is 26.9 Å². The predicted molar refractivity (Wildman–Crippen MR) is 99.3 cm³/mol. The average Bonchev–Trinajstić information content (AvgIpc) is 2.97. The third kappa shape index (κ3) is 6.21. The Morgan fingerprint density at radius 2 is 1.89 bits per heavy atom. The number of aromatic amines is 1. The Morgan fingerprint density at radius 1 is 1.25 bits per heavy atom. The Morgan fingerprint density at radius 3 is 2.50 bits per heavy atom. The predicted octanol–water partition coefficient (Wildman–Crippen LogP) is -2.81. The van der Waals surface area contributed by atoms with Gasteiger partial charge in [0.2, 0.25) is 5.95 Å². The van der Waals surface area contributed by atoms with Crippen molar-refractivity contribution in [1.29, 1.82) is 0 Å². The van der Waals surface area contributed by atoms with Gasteiger partial charge in [-0.1, -0.05) is 0 Å². The molecule has 0 atom stereocenters. The number of aromatic nitrogens is 4. The maximum Gasteiger partial charge on any atom is 0.280 e. The van der Waals surface area contributed by atoms with Crippen LogP contribution in [0.2, 0.25) is 0 Å². The molecule has 2 aromatic heterocycles. The van der Waals surface area contributed by atoms with E-state index in [0.29, 0.717) is 5.65 Å². The second kappa shape index (κ2) is 11.4. The molecule has 3 aliphatic rings. The summed E-state index contributed by atoms with van der Waals surface area (Å²) in [6, 6.07) is 0. The molecule has 1 radical (unpaired) electrons. The van der Waals surface area contributed by atoms with Crippen LogP contribution in [0.15, 0.2) is 11.1 Å². The Labute approximate surface area is 165 Å². The molecule has 3 aliphatic heterocycles. The van der Waals surface area contributed by atoms with Gasteiger partial charge in [-0.15, -0.1) is 0 Å². The monoisotopic (exact) mass is 463 g/mol. The number of rotatable bonds is 4. The number of ether oxygens (including phenoxy) is 1. The van der Waals surface area contributed by atoms with Gasteiger partial charge in [-0.05, 0) is 0 Å². The summed E-state index contributed by atoms with van der Waals surface area (Å²) in [5.41, 5.74) is 5.60. The van der Waals surface area contributed by atoms with E-state index in [1.54, 1.807) is 0 Å². The second-order valence-electron chi connectivity index (χ2n) is 5.74. The van der Waals surface area contributed by atoms with Crippen LogP contribution < -0.4 is 11.3 Å². The van der Waals surface area contributed by atoms with Gasteiger partial charge >= 0.3 is 71.0 Å². The summed E-state index contributed by atoms with van der Waals surface area (Å²) in [6.07, 6.45) is 1.43. The van der Waals surface area contributed by atoms with E-state index in [1.807, 2.05) is 0 Å². The van der Waals surface area contributed by atoms with Crippen LogP contribution in [0.25, 0.3) is 11.2 Å². The van der Waals surface area contributed by atoms with Crippen LogP contribution in [-0.2, 0) is 22.8 Å². The first-order valence-corrected chi connectivity index (χ1v) is 11.1. The Balaban J connectivity index is 0.000000205. The number of imidazole rings is 1. The molecule has 3 fully saturated rings. The molecular weight excluding hydrogens is 437 g/mol. The van der Waals surface area contributed by atoms with Crippen molar-refractivity contribution < 1.29 is 26.6 Å². The van der Waals surface area contributed by atoms with Gasteiger partial charge in [0.25, 0.3) is 5.56 Å². The van der Waals surface area contributed by atoms with E-state index >= 15 is 0 Å². The second-order valence-corrected chi connectivity index (χ2v) is 8.60. The molecular formula is C14H25GeN6O7. The molecule has 14 heteroatoms. The van der Waals surface area contributed by atoms with Crippen molar-refractivity contribution in [2.45, 2.75) is 6.73 Å². The average molecular weight is 462 g/mol. The van der Waals surface area contributed by atoms with Crippen molar-refractivity contribution in [3.63, 3.8) is 0 Å². The third-order valence-electron chi connectivity index (χ3n) is 3.84. The number of H-pyrrole nitrogens is 1. The quantitative estimate of drug-likeness (QED) is 0.317. The zero-order chi connectivity index (χ0) is 19.1. The van der Waals surface area contributed by atoms with E-state index in [9.17, 15) is 4.79 Å². The molecule has 6 N–H and O–H groups in total. The molecule has 5 heterocycles. The van der Waals surface area contributed by atoms with Crippen LogP contribution >= 0.6 is 0 Å². The van der Waals surface area contributed by atoms with Crippen LogP contribution in [-0.4, -0.2) is 103 Å². The standard InChI is InChI=1S/C8H11N5O3.C6H12GeNO3.H2O/c9-8-11-6-5(7(15)12-8)10-3-13(6)4-16-2-1-14;1-4-9-7-10-5-2-8(1)3-6-11-7;/h3,14H,1-2,4H2,(H3,9,11,12,15);1-6H2;1H2. The maximum atomic E-state index is 11.4. The Kier molecular flexibility index (Phi) is 9.26. The maximum absolute atomic E-state index is 11.4. The number of aliphatic hydroxyl groups is 1. The minimum atomic E-state index is -1.95. The number of hydrogen-bond donors (Lipinski definition) is 3. The number of nitrogens with zero attached hydrogens (tertiary/aromatic N) is 4. The number of fused-ring (bicyclic) bond motifs is 7.